The third-order valence-corrected chi connectivity index (χ3v) is 3.67. The van der Waals surface area contributed by atoms with E-state index in [2.05, 4.69) is 0 Å². The van der Waals surface area contributed by atoms with Gasteiger partial charge in [-0.3, -0.25) is 0 Å². The molecule has 0 bridgehead atoms. The molecule has 27 heavy (non-hydrogen) atoms. The topological polar surface area (TPSA) is 61.8 Å². The Bertz CT molecular complexity index is 874. The Morgan fingerprint density at radius 3 is 2.11 bits per heavy atom. The average molecular weight is 374 g/mol. The van der Waals surface area contributed by atoms with E-state index in [9.17, 15) is 18.4 Å². The molecular formula is C20H16F2O5. The van der Waals surface area contributed by atoms with Crippen LogP contribution in [0.25, 0.3) is 6.08 Å². The Balaban J connectivity index is 1.82. The SMILES string of the molecule is CC1(C)OC(=O)C(=Cc2cc(F)c(OCc3ccccc3)c(F)c2)C(=O)O1. The molecule has 0 spiro atoms. The predicted octanol–water partition coefficient (Wildman–Crippen LogP) is 3.76. The zero-order chi connectivity index (χ0) is 19.6. The number of esters is 2. The van der Waals surface area contributed by atoms with E-state index in [0.717, 1.165) is 23.8 Å². The van der Waals surface area contributed by atoms with Gasteiger partial charge < -0.3 is 14.2 Å². The minimum absolute atomic E-state index is 0.0111. The second kappa shape index (κ2) is 7.19. The Kier molecular flexibility index (Phi) is 4.94. The number of benzene rings is 2. The molecule has 0 radical (unpaired) electrons. The number of hydrogen-bond donors (Lipinski definition) is 0. The average Bonchev–Trinajstić information content (AvgIpc) is 2.57. The third-order valence-electron chi connectivity index (χ3n) is 3.67. The van der Waals surface area contributed by atoms with Crippen LogP contribution in [-0.2, 0) is 25.7 Å². The van der Waals surface area contributed by atoms with Gasteiger partial charge in [0.25, 0.3) is 5.79 Å². The van der Waals surface area contributed by atoms with Gasteiger partial charge >= 0.3 is 11.9 Å². The number of rotatable bonds is 4. The Labute approximate surface area is 154 Å². The number of ether oxygens (including phenoxy) is 3. The maximum Gasteiger partial charge on any atom is 0.348 e. The van der Waals surface area contributed by atoms with Crippen LogP contribution < -0.4 is 4.74 Å². The van der Waals surface area contributed by atoms with Crippen LogP contribution in [0.2, 0.25) is 0 Å². The fourth-order valence-electron chi connectivity index (χ4n) is 2.48. The van der Waals surface area contributed by atoms with E-state index < -0.39 is 40.7 Å². The lowest BCUT2D eigenvalue weighted by Gasteiger charge is -2.29. The minimum atomic E-state index is -1.39. The molecule has 1 fully saturated rings. The second-order valence-electron chi connectivity index (χ2n) is 6.32. The molecule has 0 unspecified atom stereocenters. The lowest BCUT2D eigenvalue weighted by atomic mass is 10.1. The van der Waals surface area contributed by atoms with Crippen LogP contribution in [0.15, 0.2) is 48.0 Å². The van der Waals surface area contributed by atoms with E-state index in [1.165, 1.54) is 13.8 Å². The highest BCUT2D eigenvalue weighted by atomic mass is 19.1. The molecule has 1 aliphatic heterocycles. The summed E-state index contributed by atoms with van der Waals surface area (Å²) in [6, 6.07) is 10.8. The maximum atomic E-state index is 14.3. The number of hydrogen-bond acceptors (Lipinski definition) is 5. The summed E-state index contributed by atoms with van der Waals surface area (Å²) in [6.45, 7) is 2.79. The Morgan fingerprint density at radius 2 is 1.56 bits per heavy atom. The molecule has 1 saturated heterocycles. The van der Waals surface area contributed by atoms with E-state index in [1.54, 1.807) is 24.3 Å². The number of carbonyl (C=O) groups is 2. The van der Waals surface area contributed by atoms with Crippen molar-refractivity contribution in [2.45, 2.75) is 26.2 Å². The van der Waals surface area contributed by atoms with Crippen molar-refractivity contribution in [1.29, 1.82) is 0 Å². The first kappa shape index (κ1) is 18.6. The van der Waals surface area contributed by atoms with Gasteiger partial charge in [0, 0.05) is 13.8 Å². The van der Waals surface area contributed by atoms with E-state index in [1.807, 2.05) is 6.07 Å². The van der Waals surface area contributed by atoms with Crippen molar-refractivity contribution in [3.05, 3.63) is 70.8 Å². The van der Waals surface area contributed by atoms with Gasteiger partial charge in [-0.2, -0.15) is 0 Å². The fourth-order valence-corrected chi connectivity index (χ4v) is 2.48. The molecular weight excluding hydrogens is 358 g/mol. The van der Waals surface area contributed by atoms with E-state index in [0.29, 0.717) is 0 Å². The third kappa shape index (κ3) is 4.31. The van der Waals surface area contributed by atoms with Crippen molar-refractivity contribution in [2.75, 3.05) is 0 Å². The van der Waals surface area contributed by atoms with Gasteiger partial charge in [0.05, 0.1) is 0 Å². The monoisotopic (exact) mass is 374 g/mol. The van der Waals surface area contributed by atoms with Crippen molar-refractivity contribution in [3.8, 4) is 5.75 Å². The highest BCUT2D eigenvalue weighted by molar-refractivity contribution is 6.18. The summed E-state index contributed by atoms with van der Waals surface area (Å²) < 4.78 is 43.6. The molecule has 0 atom stereocenters. The van der Waals surface area contributed by atoms with Gasteiger partial charge in [-0.05, 0) is 29.3 Å². The quantitative estimate of drug-likeness (QED) is 0.463. The van der Waals surface area contributed by atoms with Gasteiger partial charge in [0.15, 0.2) is 17.4 Å². The van der Waals surface area contributed by atoms with Crippen molar-refractivity contribution in [3.63, 3.8) is 0 Å². The van der Waals surface area contributed by atoms with E-state index in [-0.39, 0.29) is 12.2 Å². The molecule has 2 aromatic carbocycles. The number of carbonyl (C=O) groups excluding carboxylic acids is 2. The van der Waals surface area contributed by atoms with Crippen molar-refractivity contribution in [1.82, 2.24) is 0 Å². The van der Waals surface area contributed by atoms with Gasteiger partial charge in [-0.25, -0.2) is 18.4 Å². The van der Waals surface area contributed by atoms with E-state index in [4.69, 9.17) is 14.2 Å². The van der Waals surface area contributed by atoms with Crippen molar-refractivity contribution < 1.29 is 32.6 Å². The van der Waals surface area contributed by atoms with Crippen molar-refractivity contribution in [2.24, 2.45) is 0 Å². The standard InChI is InChI=1S/C20H16F2O5/c1-20(2)26-18(23)14(19(24)27-20)8-13-9-15(21)17(16(22)10-13)25-11-12-6-4-3-5-7-12/h3-10H,11H2,1-2H3. The molecule has 0 saturated carbocycles. The second-order valence-corrected chi connectivity index (χ2v) is 6.32. The summed E-state index contributed by atoms with van der Waals surface area (Å²) in [4.78, 5) is 23.8. The molecule has 5 nitrogen and oxygen atoms in total. The molecule has 1 heterocycles. The normalized spacial score (nSPS) is 15.8. The predicted molar refractivity (Wildman–Crippen MR) is 91.4 cm³/mol. The molecule has 0 N–H and O–H groups in total. The molecule has 1 aliphatic rings. The lowest BCUT2D eigenvalue weighted by Crippen LogP contribution is -2.41. The highest BCUT2D eigenvalue weighted by Crippen LogP contribution is 2.28. The zero-order valence-electron chi connectivity index (χ0n) is 14.6. The summed E-state index contributed by atoms with van der Waals surface area (Å²) in [7, 11) is 0. The maximum absolute atomic E-state index is 14.3. The molecule has 140 valence electrons. The van der Waals surface area contributed by atoms with Gasteiger partial charge in [-0.1, -0.05) is 30.3 Å². The Morgan fingerprint density at radius 1 is 1.00 bits per heavy atom. The van der Waals surface area contributed by atoms with Crippen molar-refractivity contribution >= 4 is 18.0 Å². The Hall–Kier alpha value is -3.22. The van der Waals surface area contributed by atoms with Crippen LogP contribution in [0, 0.1) is 11.6 Å². The highest BCUT2D eigenvalue weighted by Gasteiger charge is 2.38. The largest absolute Gasteiger partial charge is 0.483 e. The zero-order valence-corrected chi connectivity index (χ0v) is 14.6. The summed E-state index contributed by atoms with van der Waals surface area (Å²) in [5, 5.41) is 0. The summed E-state index contributed by atoms with van der Waals surface area (Å²) >= 11 is 0. The first-order valence-electron chi connectivity index (χ1n) is 8.09. The summed E-state index contributed by atoms with van der Waals surface area (Å²) in [6.07, 6.45) is 1.01. The van der Waals surface area contributed by atoms with Crippen LogP contribution in [0.5, 0.6) is 5.75 Å². The van der Waals surface area contributed by atoms with Crippen LogP contribution >= 0.6 is 0 Å². The van der Waals surface area contributed by atoms with Crippen LogP contribution in [0.4, 0.5) is 8.78 Å². The first-order valence-corrected chi connectivity index (χ1v) is 8.09. The lowest BCUT2D eigenvalue weighted by molar-refractivity contribution is -0.222. The van der Waals surface area contributed by atoms with Crippen LogP contribution in [0.1, 0.15) is 25.0 Å². The fraction of sp³-hybridized carbons (Fsp3) is 0.200. The molecule has 0 aliphatic carbocycles. The molecule has 0 amide bonds. The van der Waals surface area contributed by atoms with Gasteiger partial charge in [0.2, 0.25) is 0 Å². The number of halogens is 2. The van der Waals surface area contributed by atoms with Gasteiger partial charge in [-0.15, -0.1) is 0 Å². The van der Waals surface area contributed by atoms with Gasteiger partial charge in [0.1, 0.15) is 12.2 Å². The molecule has 3 rings (SSSR count). The summed E-state index contributed by atoms with van der Waals surface area (Å²) in [5.41, 5.74) is 0.254. The molecule has 2 aromatic rings. The van der Waals surface area contributed by atoms with E-state index >= 15 is 0 Å². The smallest absolute Gasteiger partial charge is 0.348 e. The molecule has 7 heteroatoms. The first-order chi connectivity index (χ1) is 12.7. The number of cyclic esters (lactones) is 2. The summed E-state index contributed by atoms with van der Waals surface area (Å²) in [5.74, 6) is -5.72. The van der Waals surface area contributed by atoms with Crippen LogP contribution in [-0.4, -0.2) is 17.7 Å². The van der Waals surface area contributed by atoms with Crippen LogP contribution in [0.3, 0.4) is 0 Å². The minimum Gasteiger partial charge on any atom is -0.483 e. The molecule has 0 aromatic heterocycles.